The minimum absolute atomic E-state index is 0.218. The summed E-state index contributed by atoms with van der Waals surface area (Å²) in [7, 11) is 0. The molecule has 0 bridgehead atoms. The predicted octanol–water partition coefficient (Wildman–Crippen LogP) is 4.08. The zero-order valence-corrected chi connectivity index (χ0v) is 11.5. The Hall–Kier alpha value is -0.990. The summed E-state index contributed by atoms with van der Waals surface area (Å²) in [5.74, 6) is 0.780. The van der Waals surface area contributed by atoms with Gasteiger partial charge in [-0.25, -0.2) is 4.79 Å². The molecular formula is C14H24O3. The van der Waals surface area contributed by atoms with Crippen LogP contribution in [0.1, 0.15) is 64.4 Å². The lowest BCUT2D eigenvalue weighted by Crippen LogP contribution is -2.19. The van der Waals surface area contributed by atoms with Crippen molar-refractivity contribution in [2.45, 2.75) is 66.2 Å². The van der Waals surface area contributed by atoms with Crippen molar-refractivity contribution in [2.75, 3.05) is 0 Å². The maximum Gasteiger partial charge on any atom is 0.519 e. The highest BCUT2D eigenvalue weighted by Crippen LogP contribution is 2.34. The van der Waals surface area contributed by atoms with Gasteiger partial charge in [-0.2, -0.15) is 0 Å². The Morgan fingerprint density at radius 3 is 2.29 bits per heavy atom. The van der Waals surface area contributed by atoms with Gasteiger partial charge in [0.25, 0.3) is 0 Å². The van der Waals surface area contributed by atoms with Crippen LogP contribution in [0.25, 0.3) is 0 Å². The van der Waals surface area contributed by atoms with Crippen LogP contribution in [0.15, 0.2) is 13.6 Å². The largest absolute Gasteiger partial charge is 0.519 e. The summed E-state index contributed by atoms with van der Waals surface area (Å²) in [5.41, 5.74) is 0.218. The molecule has 0 fully saturated rings. The summed E-state index contributed by atoms with van der Waals surface area (Å²) in [4.78, 5) is 11.0. The molecule has 3 nitrogen and oxygen atoms in total. The lowest BCUT2D eigenvalue weighted by atomic mass is 9.77. The highest BCUT2D eigenvalue weighted by atomic mass is 16.6. The molecule has 1 aromatic heterocycles. The Morgan fingerprint density at radius 2 is 1.82 bits per heavy atom. The van der Waals surface area contributed by atoms with E-state index in [0.717, 1.165) is 25.0 Å². The molecule has 0 amide bonds. The average molecular weight is 240 g/mol. The SMILES string of the molecule is CCCCC(C)(CCC)Cc1oc(=O)oc1C. The predicted molar refractivity (Wildman–Crippen MR) is 68.2 cm³/mol. The molecule has 0 aliphatic carbocycles. The van der Waals surface area contributed by atoms with Crippen molar-refractivity contribution in [1.29, 1.82) is 0 Å². The minimum Gasteiger partial charge on any atom is -0.396 e. The third kappa shape index (κ3) is 4.06. The molecule has 0 N–H and O–H groups in total. The zero-order valence-electron chi connectivity index (χ0n) is 11.5. The summed E-state index contributed by atoms with van der Waals surface area (Å²) in [6.07, 6.45) is 6.71. The van der Waals surface area contributed by atoms with Gasteiger partial charge in [0, 0.05) is 6.42 Å². The van der Waals surface area contributed by atoms with Crippen LogP contribution in [-0.2, 0) is 6.42 Å². The van der Waals surface area contributed by atoms with E-state index in [2.05, 4.69) is 20.8 Å². The summed E-state index contributed by atoms with van der Waals surface area (Å²) < 4.78 is 10.0. The van der Waals surface area contributed by atoms with Gasteiger partial charge >= 0.3 is 5.82 Å². The second-order valence-electron chi connectivity index (χ2n) is 5.27. The molecule has 0 aromatic carbocycles. The van der Waals surface area contributed by atoms with Crippen molar-refractivity contribution in [3.8, 4) is 0 Å². The molecule has 98 valence electrons. The number of unbranched alkanes of at least 4 members (excludes halogenated alkanes) is 1. The first-order chi connectivity index (χ1) is 8.00. The number of aryl methyl sites for hydroxylation is 1. The van der Waals surface area contributed by atoms with Crippen molar-refractivity contribution in [1.82, 2.24) is 0 Å². The third-order valence-corrected chi connectivity index (χ3v) is 3.41. The number of hydrogen-bond acceptors (Lipinski definition) is 3. The van der Waals surface area contributed by atoms with Crippen LogP contribution in [0.2, 0.25) is 0 Å². The summed E-state index contributed by atoms with van der Waals surface area (Å²) in [6, 6.07) is 0. The fraction of sp³-hybridized carbons (Fsp3) is 0.786. The first-order valence-corrected chi connectivity index (χ1v) is 6.60. The summed E-state index contributed by atoms with van der Waals surface area (Å²) >= 11 is 0. The van der Waals surface area contributed by atoms with Crippen LogP contribution in [0.4, 0.5) is 0 Å². The summed E-state index contributed by atoms with van der Waals surface area (Å²) in [6.45, 7) is 8.48. The van der Waals surface area contributed by atoms with Crippen LogP contribution in [0.3, 0.4) is 0 Å². The second-order valence-corrected chi connectivity index (χ2v) is 5.27. The van der Waals surface area contributed by atoms with E-state index in [9.17, 15) is 4.79 Å². The molecule has 1 rings (SSSR count). The zero-order chi connectivity index (χ0) is 12.9. The number of hydrogen-bond donors (Lipinski definition) is 0. The molecule has 0 saturated heterocycles. The lowest BCUT2D eigenvalue weighted by molar-refractivity contribution is 0.238. The van der Waals surface area contributed by atoms with E-state index in [-0.39, 0.29) is 5.41 Å². The van der Waals surface area contributed by atoms with Crippen molar-refractivity contribution in [3.05, 3.63) is 22.1 Å². The Bertz CT molecular complexity index is 388. The van der Waals surface area contributed by atoms with E-state index < -0.39 is 5.82 Å². The van der Waals surface area contributed by atoms with Gasteiger partial charge in [-0.05, 0) is 25.2 Å². The Balaban J connectivity index is 2.78. The molecular weight excluding hydrogens is 216 g/mol. The molecule has 0 radical (unpaired) electrons. The van der Waals surface area contributed by atoms with Gasteiger partial charge in [0.1, 0.15) is 11.5 Å². The van der Waals surface area contributed by atoms with E-state index in [1.807, 2.05) is 0 Å². The third-order valence-electron chi connectivity index (χ3n) is 3.41. The molecule has 0 spiro atoms. The van der Waals surface area contributed by atoms with Crippen LogP contribution in [0.5, 0.6) is 0 Å². The van der Waals surface area contributed by atoms with E-state index in [0.29, 0.717) is 5.76 Å². The molecule has 1 unspecified atom stereocenters. The first kappa shape index (κ1) is 14.1. The molecule has 17 heavy (non-hydrogen) atoms. The van der Waals surface area contributed by atoms with E-state index >= 15 is 0 Å². The van der Waals surface area contributed by atoms with Gasteiger partial charge < -0.3 is 8.83 Å². The van der Waals surface area contributed by atoms with Gasteiger partial charge in [0.05, 0.1) is 0 Å². The topological polar surface area (TPSA) is 43.4 Å². The van der Waals surface area contributed by atoms with E-state index in [1.165, 1.54) is 19.3 Å². The highest BCUT2D eigenvalue weighted by Gasteiger charge is 2.26. The van der Waals surface area contributed by atoms with E-state index in [4.69, 9.17) is 8.83 Å². The van der Waals surface area contributed by atoms with Gasteiger partial charge in [-0.1, -0.05) is 40.0 Å². The average Bonchev–Trinajstić information content (AvgIpc) is 2.55. The smallest absolute Gasteiger partial charge is 0.396 e. The quantitative estimate of drug-likeness (QED) is 0.721. The van der Waals surface area contributed by atoms with E-state index in [1.54, 1.807) is 6.92 Å². The van der Waals surface area contributed by atoms with Crippen molar-refractivity contribution in [2.24, 2.45) is 5.41 Å². The summed E-state index contributed by atoms with van der Waals surface area (Å²) in [5, 5.41) is 0. The van der Waals surface area contributed by atoms with Gasteiger partial charge in [0.2, 0.25) is 0 Å². The number of rotatable bonds is 7. The minimum atomic E-state index is -0.577. The lowest BCUT2D eigenvalue weighted by Gasteiger charge is -2.28. The van der Waals surface area contributed by atoms with Crippen LogP contribution in [-0.4, -0.2) is 0 Å². The van der Waals surface area contributed by atoms with Crippen LogP contribution >= 0.6 is 0 Å². The maximum atomic E-state index is 11.0. The normalized spacial score (nSPS) is 14.8. The maximum absolute atomic E-state index is 11.0. The van der Waals surface area contributed by atoms with Crippen molar-refractivity contribution >= 4 is 0 Å². The van der Waals surface area contributed by atoms with Gasteiger partial charge in [-0.15, -0.1) is 0 Å². The van der Waals surface area contributed by atoms with Gasteiger partial charge in [-0.3, -0.25) is 0 Å². The fourth-order valence-corrected chi connectivity index (χ4v) is 2.43. The Labute approximate surface area is 103 Å². The first-order valence-electron chi connectivity index (χ1n) is 6.60. The fourth-order valence-electron chi connectivity index (χ4n) is 2.43. The van der Waals surface area contributed by atoms with Crippen LogP contribution < -0.4 is 5.82 Å². The van der Waals surface area contributed by atoms with Crippen LogP contribution in [0, 0.1) is 12.3 Å². The molecule has 0 aliphatic heterocycles. The standard InChI is InChI=1S/C14H24O3/c1-5-7-9-14(4,8-6-2)10-12-11(3)16-13(15)17-12/h5-10H2,1-4H3. The van der Waals surface area contributed by atoms with Crippen molar-refractivity contribution in [3.63, 3.8) is 0 Å². The molecule has 1 aromatic rings. The molecule has 1 atom stereocenters. The molecule has 0 aliphatic rings. The highest BCUT2D eigenvalue weighted by molar-refractivity contribution is 5.04. The molecule has 3 heteroatoms. The Kier molecular flexibility index (Phi) is 5.03. The van der Waals surface area contributed by atoms with Gasteiger partial charge in [0.15, 0.2) is 0 Å². The second kappa shape index (κ2) is 6.08. The van der Waals surface area contributed by atoms with Crippen molar-refractivity contribution < 1.29 is 8.83 Å². The monoisotopic (exact) mass is 240 g/mol. The Morgan fingerprint density at radius 1 is 1.12 bits per heavy atom. The molecule has 0 saturated carbocycles. The molecule has 1 heterocycles.